The highest BCUT2D eigenvalue weighted by molar-refractivity contribution is 5.80. The third-order valence-corrected chi connectivity index (χ3v) is 4.56. The minimum atomic E-state index is 0.0628. The van der Waals surface area contributed by atoms with E-state index in [9.17, 15) is 5.11 Å². The topological polar surface area (TPSA) is 56.7 Å². The fourth-order valence-electron chi connectivity index (χ4n) is 3.61. The average Bonchev–Trinajstić information content (AvgIpc) is 2.52. The lowest BCUT2D eigenvalue weighted by Crippen LogP contribution is -2.46. The molecule has 0 saturated heterocycles. The Kier molecular flexibility index (Phi) is 6.90. The van der Waals surface area contributed by atoms with Crippen LogP contribution < -0.4 is 10.6 Å². The summed E-state index contributed by atoms with van der Waals surface area (Å²) >= 11 is 0. The molecule has 0 aliphatic heterocycles. The fourth-order valence-corrected chi connectivity index (χ4v) is 3.61. The molecule has 0 radical (unpaired) electrons. The number of hydrogen-bond acceptors (Lipinski definition) is 2. The van der Waals surface area contributed by atoms with Crippen molar-refractivity contribution in [3.05, 3.63) is 35.4 Å². The first kappa shape index (κ1) is 17.8. The SMILES string of the molecule is CCNC(=NCc1ccccc1CO)NC1CC(C)CC(C)C1. The molecule has 0 heterocycles. The maximum Gasteiger partial charge on any atom is 0.191 e. The van der Waals surface area contributed by atoms with Crippen molar-refractivity contribution in [2.24, 2.45) is 16.8 Å². The third kappa shape index (κ3) is 5.54. The molecule has 0 aromatic heterocycles. The van der Waals surface area contributed by atoms with Crippen LogP contribution in [0, 0.1) is 11.8 Å². The molecule has 1 aliphatic rings. The van der Waals surface area contributed by atoms with Crippen molar-refractivity contribution in [1.82, 2.24) is 10.6 Å². The maximum atomic E-state index is 9.43. The van der Waals surface area contributed by atoms with Crippen molar-refractivity contribution in [3.8, 4) is 0 Å². The summed E-state index contributed by atoms with van der Waals surface area (Å²) in [7, 11) is 0. The second-order valence-corrected chi connectivity index (χ2v) is 6.88. The molecule has 23 heavy (non-hydrogen) atoms. The molecule has 1 fully saturated rings. The van der Waals surface area contributed by atoms with Crippen molar-refractivity contribution < 1.29 is 5.11 Å². The third-order valence-electron chi connectivity index (χ3n) is 4.56. The van der Waals surface area contributed by atoms with Crippen LogP contribution >= 0.6 is 0 Å². The van der Waals surface area contributed by atoms with Gasteiger partial charge in [-0.15, -0.1) is 0 Å². The van der Waals surface area contributed by atoms with Gasteiger partial charge in [0.1, 0.15) is 0 Å². The minimum Gasteiger partial charge on any atom is -0.392 e. The molecule has 128 valence electrons. The summed E-state index contributed by atoms with van der Waals surface area (Å²) in [5.41, 5.74) is 2.03. The average molecular weight is 317 g/mol. The van der Waals surface area contributed by atoms with Gasteiger partial charge >= 0.3 is 0 Å². The molecule has 4 heteroatoms. The smallest absolute Gasteiger partial charge is 0.191 e. The zero-order chi connectivity index (χ0) is 16.7. The van der Waals surface area contributed by atoms with E-state index in [-0.39, 0.29) is 6.61 Å². The van der Waals surface area contributed by atoms with Gasteiger partial charge in [0.2, 0.25) is 0 Å². The summed E-state index contributed by atoms with van der Waals surface area (Å²) in [5.74, 6) is 2.43. The zero-order valence-corrected chi connectivity index (χ0v) is 14.7. The first-order chi connectivity index (χ1) is 11.1. The second kappa shape index (κ2) is 8.92. The predicted octanol–water partition coefficient (Wildman–Crippen LogP) is 3.06. The summed E-state index contributed by atoms with van der Waals surface area (Å²) < 4.78 is 0. The lowest BCUT2D eigenvalue weighted by atomic mass is 9.80. The zero-order valence-electron chi connectivity index (χ0n) is 14.7. The van der Waals surface area contributed by atoms with Crippen molar-refractivity contribution in [2.75, 3.05) is 6.54 Å². The molecular weight excluding hydrogens is 286 g/mol. The highest BCUT2D eigenvalue weighted by Crippen LogP contribution is 2.28. The first-order valence-corrected chi connectivity index (χ1v) is 8.84. The summed E-state index contributed by atoms with van der Waals surface area (Å²) in [6, 6.07) is 8.43. The summed E-state index contributed by atoms with van der Waals surface area (Å²) in [4.78, 5) is 4.72. The van der Waals surface area contributed by atoms with E-state index in [1.165, 1.54) is 19.3 Å². The number of aliphatic hydroxyl groups excluding tert-OH is 1. The van der Waals surface area contributed by atoms with Gasteiger partial charge in [-0.2, -0.15) is 0 Å². The number of rotatable bonds is 5. The molecule has 1 aliphatic carbocycles. The van der Waals surface area contributed by atoms with Crippen LogP contribution in [-0.2, 0) is 13.2 Å². The van der Waals surface area contributed by atoms with Gasteiger partial charge in [-0.25, -0.2) is 4.99 Å². The van der Waals surface area contributed by atoms with E-state index in [4.69, 9.17) is 4.99 Å². The number of guanidine groups is 1. The van der Waals surface area contributed by atoms with E-state index in [1.54, 1.807) is 0 Å². The maximum absolute atomic E-state index is 9.43. The Bertz CT molecular complexity index is 505. The standard InChI is InChI=1S/C19H31N3O/c1-4-20-19(22-18-10-14(2)9-15(3)11-18)21-12-16-7-5-6-8-17(16)13-23/h5-8,14-15,18,23H,4,9-13H2,1-3H3,(H2,20,21,22). The van der Waals surface area contributed by atoms with Crippen LogP contribution in [0.5, 0.6) is 0 Å². The number of aliphatic hydroxyl groups is 1. The van der Waals surface area contributed by atoms with Crippen molar-refractivity contribution in [1.29, 1.82) is 0 Å². The largest absolute Gasteiger partial charge is 0.392 e. The van der Waals surface area contributed by atoms with E-state index < -0.39 is 0 Å². The highest BCUT2D eigenvalue weighted by atomic mass is 16.3. The molecule has 3 N–H and O–H groups in total. The molecule has 1 saturated carbocycles. The number of hydrogen-bond donors (Lipinski definition) is 3. The van der Waals surface area contributed by atoms with Crippen LogP contribution in [0.1, 0.15) is 51.2 Å². The molecule has 0 spiro atoms. The van der Waals surface area contributed by atoms with Crippen LogP contribution in [0.3, 0.4) is 0 Å². The molecule has 2 rings (SSSR count). The molecule has 4 nitrogen and oxygen atoms in total. The predicted molar refractivity (Wildman–Crippen MR) is 96.3 cm³/mol. The van der Waals surface area contributed by atoms with Gasteiger partial charge < -0.3 is 15.7 Å². The number of aliphatic imine (C=N–C) groups is 1. The van der Waals surface area contributed by atoms with Crippen LogP contribution in [0.2, 0.25) is 0 Å². The molecule has 0 amide bonds. The van der Waals surface area contributed by atoms with Gasteiger partial charge in [-0.1, -0.05) is 38.1 Å². The lowest BCUT2D eigenvalue weighted by Gasteiger charge is -2.32. The van der Waals surface area contributed by atoms with Gasteiger partial charge in [0.15, 0.2) is 5.96 Å². The Morgan fingerprint density at radius 1 is 1.13 bits per heavy atom. The van der Waals surface area contributed by atoms with E-state index in [1.807, 2.05) is 24.3 Å². The van der Waals surface area contributed by atoms with Gasteiger partial charge in [0.05, 0.1) is 13.2 Å². The Morgan fingerprint density at radius 3 is 2.39 bits per heavy atom. The molecule has 2 unspecified atom stereocenters. The Balaban J connectivity index is 2.02. The van der Waals surface area contributed by atoms with Crippen molar-refractivity contribution in [2.45, 2.75) is 59.2 Å². The van der Waals surface area contributed by atoms with E-state index in [0.717, 1.165) is 35.5 Å². The van der Waals surface area contributed by atoms with Crippen molar-refractivity contribution in [3.63, 3.8) is 0 Å². The normalized spacial score (nSPS) is 25.2. The first-order valence-electron chi connectivity index (χ1n) is 8.84. The second-order valence-electron chi connectivity index (χ2n) is 6.88. The monoisotopic (exact) mass is 317 g/mol. The Hall–Kier alpha value is -1.55. The van der Waals surface area contributed by atoms with Crippen LogP contribution in [0.25, 0.3) is 0 Å². The summed E-state index contributed by atoms with van der Waals surface area (Å²) in [6.07, 6.45) is 3.75. The lowest BCUT2D eigenvalue weighted by molar-refractivity contribution is 0.255. The van der Waals surface area contributed by atoms with Crippen LogP contribution in [0.4, 0.5) is 0 Å². The highest BCUT2D eigenvalue weighted by Gasteiger charge is 2.24. The molecule has 1 aromatic carbocycles. The molecular formula is C19H31N3O. The van der Waals surface area contributed by atoms with E-state index >= 15 is 0 Å². The van der Waals surface area contributed by atoms with E-state index in [0.29, 0.717) is 12.6 Å². The van der Waals surface area contributed by atoms with Gasteiger partial charge in [-0.3, -0.25) is 0 Å². The number of nitrogens with one attached hydrogen (secondary N) is 2. The summed E-state index contributed by atoms with van der Waals surface area (Å²) in [6.45, 7) is 8.27. The van der Waals surface area contributed by atoms with Gasteiger partial charge in [-0.05, 0) is 49.1 Å². The fraction of sp³-hybridized carbons (Fsp3) is 0.632. The molecule has 0 bridgehead atoms. The number of nitrogens with zero attached hydrogens (tertiary/aromatic N) is 1. The van der Waals surface area contributed by atoms with Gasteiger partial charge in [0.25, 0.3) is 0 Å². The minimum absolute atomic E-state index is 0.0628. The molecule has 2 atom stereocenters. The number of benzene rings is 1. The van der Waals surface area contributed by atoms with Crippen LogP contribution in [0.15, 0.2) is 29.3 Å². The van der Waals surface area contributed by atoms with Crippen molar-refractivity contribution >= 4 is 5.96 Å². The van der Waals surface area contributed by atoms with Gasteiger partial charge in [0, 0.05) is 12.6 Å². The quantitative estimate of drug-likeness (QED) is 0.578. The van der Waals surface area contributed by atoms with Crippen LogP contribution in [-0.4, -0.2) is 23.7 Å². The Labute approximate surface area is 140 Å². The Morgan fingerprint density at radius 2 is 1.78 bits per heavy atom. The summed E-state index contributed by atoms with van der Waals surface area (Å²) in [5, 5.41) is 16.4. The molecule has 1 aromatic rings. The van der Waals surface area contributed by atoms with E-state index in [2.05, 4.69) is 31.4 Å².